The van der Waals surface area contributed by atoms with Gasteiger partial charge in [-0.05, 0) is 29.8 Å². The van der Waals surface area contributed by atoms with E-state index in [-0.39, 0.29) is 24.2 Å². The number of nitrogens with zero attached hydrogens (tertiary/aromatic N) is 3. The average Bonchev–Trinajstić information content (AvgIpc) is 3.28. The molecule has 0 bridgehead atoms. The number of amides is 2. The summed E-state index contributed by atoms with van der Waals surface area (Å²) in [6, 6.07) is 15.9. The highest BCUT2D eigenvalue weighted by Crippen LogP contribution is 2.25. The van der Waals surface area contributed by atoms with E-state index in [4.69, 9.17) is 0 Å². The Balaban J connectivity index is 1.16. The average molecular weight is 468 g/mol. The molecule has 2 aromatic carbocycles. The Kier molecular flexibility index (Phi) is 7.77. The summed E-state index contributed by atoms with van der Waals surface area (Å²) in [4.78, 5) is 33.2. The van der Waals surface area contributed by atoms with Gasteiger partial charge in [0.1, 0.15) is 5.82 Å². The van der Waals surface area contributed by atoms with Crippen molar-refractivity contribution in [2.75, 3.05) is 44.6 Å². The van der Waals surface area contributed by atoms with E-state index in [0.29, 0.717) is 23.9 Å². The quantitative estimate of drug-likeness (QED) is 0.533. The first-order valence-electron chi connectivity index (χ1n) is 10.8. The van der Waals surface area contributed by atoms with Gasteiger partial charge in [0, 0.05) is 43.7 Å². The fraction of sp³-hybridized carbons (Fsp3) is 0.292. The molecule has 0 saturated carbocycles. The van der Waals surface area contributed by atoms with Crippen LogP contribution in [0.1, 0.15) is 5.56 Å². The van der Waals surface area contributed by atoms with E-state index < -0.39 is 0 Å². The van der Waals surface area contributed by atoms with Crippen LogP contribution in [0.15, 0.2) is 60.0 Å². The number of thiazole rings is 1. The van der Waals surface area contributed by atoms with E-state index in [0.717, 1.165) is 37.3 Å². The zero-order chi connectivity index (χ0) is 23.0. The van der Waals surface area contributed by atoms with Gasteiger partial charge < -0.3 is 10.6 Å². The predicted molar refractivity (Wildman–Crippen MR) is 127 cm³/mol. The van der Waals surface area contributed by atoms with Crippen LogP contribution in [0.25, 0.3) is 11.3 Å². The minimum absolute atomic E-state index is 0.00535. The molecule has 1 saturated heterocycles. The summed E-state index contributed by atoms with van der Waals surface area (Å²) >= 11 is 1.34. The summed E-state index contributed by atoms with van der Waals surface area (Å²) in [7, 11) is 0. The minimum Gasteiger partial charge on any atom is -0.351 e. The number of nitrogens with one attached hydrogen (secondary N) is 2. The highest BCUT2D eigenvalue weighted by molar-refractivity contribution is 7.14. The molecule has 9 heteroatoms. The zero-order valence-corrected chi connectivity index (χ0v) is 19.0. The molecule has 1 aliphatic rings. The smallest absolute Gasteiger partial charge is 0.240 e. The fourth-order valence-electron chi connectivity index (χ4n) is 3.61. The maximum Gasteiger partial charge on any atom is 0.240 e. The van der Waals surface area contributed by atoms with E-state index in [1.54, 1.807) is 12.1 Å². The Bertz CT molecular complexity index is 1070. The molecule has 0 unspecified atom stereocenters. The van der Waals surface area contributed by atoms with Gasteiger partial charge >= 0.3 is 0 Å². The molecule has 1 fully saturated rings. The topological polar surface area (TPSA) is 77.6 Å². The van der Waals surface area contributed by atoms with Gasteiger partial charge in [0.05, 0.1) is 18.8 Å². The Morgan fingerprint density at radius 1 is 0.909 bits per heavy atom. The van der Waals surface area contributed by atoms with E-state index in [2.05, 4.69) is 25.4 Å². The van der Waals surface area contributed by atoms with Gasteiger partial charge in [-0.3, -0.25) is 19.4 Å². The third-order valence-corrected chi connectivity index (χ3v) is 6.18. The fourth-order valence-corrected chi connectivity index (χ4v) is 4.34. The molecule has 0 aliphatic carbocycles. The van der Waals surface area contributed by atoms with Crippen LogP contribution in [0.4, 0.5) is 9.52 Å². The summed E-state index contributed by atoms with van der Waals surface area (Å²) in [5.74, 6) is -0.412. The van der Waals surface area contributed by atoms with Crippen molar-refractivity contribution in [3.8, 4) is 11.3 Å². The van der Waals surface area contributed by atoms with Crippen molar-refractivity contribution in [2.45, 2.75) is 6.54 Å². The Morgan fingerprint density at radius 2 is 1.55 bits per heavy atom. The van der Waals surface area contributed by atoms with Crippen LogP contribution in [-0.4, -0.2) is 65.9 Å². The van der Waals surface area contributed by atoms with Crippen LogP contribution in [0.2, 0.25) is 0 Å². The standard InChI is InChI=1S/C24H26FN5O2S/c25-20-8-6-19(7-9-20)21-17-33-24(27-21)28-23(32)16-30-12-10-29(11-13-30)15-22(31)26-14-18-4-2-1-3-5-18/h1-9,17H,10-16H2,(H,26,31)(H,27,28,32). The maximum atomic E-state index is 13.1. The number of halogens is 1. The minimum atomic E-state index is -0.296. The van der Waals surface area contributed by atoms with Crippen molar-refractivity contribution in [1.29, 1.82) is 0 Å². The zero-order valence-electron chi connectivity index (χ0n) is 18.2. The molecule has 7 nitrogen and oxygen atoms in total. The molecule has 2 amide bonds. The summed E-state index contributed by atoms with van der Waals surface area (Å²) < 4.78 is 13.1. The van der Waals surface area contributed by atoms with Crippen LogP contribution >= 0.6 is 11.3 Å². The molecular weight excluding hydrogens is 441 g/mol. The molecule has 1 aromatic heterocycles. The first-order chi connectivity index (χ1) is 16.0. The number of aromatic nitrogens is 1. The van der Waals surface area contributed by atoms with Gasteiger partial charge in [0.25, 0.3) is 0 Å². The number of carbonyl (C=O) groups excluding carboxylic acids is 2. The van der Waals surface area contributed by atoms with Gasteiger partial charge in [-0.2, -0.15) is 0 Å². The number of benzene rings is 2. The van der Waals surface area contributed by atoms with Gasteiger partial charge in [-0.25, -0.2) is 9.37 Å². The summed E-state index contributed by atoms with van der Waals surface area (Å²) in [5, 5.41) is 8.15. The summed E-state index contributed by atoms with van der Waals surface area (Å²) in [6.07, 6.45) is 0. The normalized spacial score (nSPS) is 14.7. The number of rotatable bonds is 8. The van der Waals surface area contributed by atoms with E-state index in [1.165, 1.54) is 23.5 Å². The lowest BCUT2D eigenvalue weighted by molar-refractivity contribution is -0.123. The van der Waals surface area contributed by atoms with Gasteiger partial charge in [0.15, 0.2) is 5.13 Å². The van der Waals surface area contributed by atoms with Crippen molar-refractivity contribution in [1.82, 2.24) is 20.1 Å². The third kappa shape index (κ3) is 6.92. The van der Waals surface area contributed by atoms with Crippen LogP contribution in [0.3, 0.4) is 0 Å². The molecule has 0 spiro atoms. The summed E-state index contributed by atoms with van der Waals surface area (Å²) in [5.41, 5.74) is 2.58. The van der Waals surface area contributed by atoms with Crippen LogP contribution < -0.4 is 10.6 Å². The number of hydrogen-bond donors (Lipinski definition) is 2. The van der Waals surface area contributed by atoms with Gasteiger partial charge in [-0.1, -0.05) is 30.3 Å². The Labute approximate surface area is 196 Å². The maximum absolute atomic E-state index is 13.1. The van der Waals surface area contributed by atoms with Crippen LogP contribution in [0.5, 0.6) is 0 Å². The van der Waals surface area contributed by atoms with Gasteiger partial charge in [0.2, 0.25) is 11.8 Å². The lowest BCUT2D eigenvalue weighted by Gasteiger charge is -2.33. The molecule has 33 heavy (non-hydrogen) atoms. The number of carbonyl (C=O) groups is 2. The second-order valence-corrected chi connectivity index (χ2v) is 8.77. The van der Waals surface area contributed by atoms with Crippen molar-refractivity contribution in [2.24, 2.45) is 0 Å². The van der Waals surface area contributed by atoms with E-state index in [1.807, 2.05) is 35.7 Å². The first-order valence-corrected chi connectivity index (χ1v) is 11.7. The lowest BCUT2D eigenvalue weighted by atomic mass is 10.2. The first kappa shape index (κ1) is 23.0. The second kappa shape index (κ2) is 11.1. The monoisotopic (exact) mass is 467 g/mol. The molecule has 2 N–H and O–H groups in total. The van der Waals surface area contributed by atoms with Crippen molar-refractivity contribution >= 4 is 28.3 Å². The van der Waals surface area contributed by atoms with Crippen molar-refractivity contribution < 1.29 is 14.0 Å². The van der Waals surface area contributed by atoms with Gasteiger partial charge in [-0.15, -0.1) is 11.3 Å². The lowest BCUT2D eigenvalue weighted by Crippen LogP contribution is -2.50. The van der Waals surface area contributed by atoms with E-state index >= 15 is 0 Å². The molecule has 0 radical (unpaired) electrons. The molecule has 2 heterocycles. The van der Waals surface area contributed by atoms with E-state index in [9.17, 15) is 14.0 Å². The number of hydrogen-bond acceptors (Lipinski definition) is 6. The van der Waals surface area contributed by atoms with Crippen LogP contribution in [-0.2, 0) is 16.1 Å². The third-order valence-electron chi connectivity index (χ3n) is 5.42. The highest BCUT2D eigenvalue weighted by Gasteiger charge is 2.21. The number of anilines is 1. The highest BCUT2D eigenvalue weighted by atomic mass is 32.1. The second-order valence-electron chi connectivity index (χ2n) is 7.91. The largest absolute Gasteiger partial charge is 0.351 e. The molecule has 172 valence electrons. The molecular formula is C24H26FN5O2S. The van der Waals surface area contributed by atoms with Crippen LogP contribution in [0, 0.1) is 5.82 Å². The predicted octanol–water partition coefficient (Wildman–Crippen LogP) is 2.82. The Morgan fingerprint density at radius 3 is 2.21 bits per heavy atom. The summed E-state index contributed by atoms with van der Waals surface area (Å²) in [6.45, 7) is 4.07. The Hall–Kier alpha value is -3.14. The molecule has 3 aromatic rings. The number of piperazine rings is 1. The van der Waals surface area contributed by atoms with Crippen molar-refractivity contribution in [3.63, 3.8) is 0 Å². The SMILES string of the molecule is O=C(CN1CCN(CC(=O)Nc2nc(-c3ccc(F)cc3)cs2)CC1)NCc1ccccc1. The van der Waals surface area contributed by atoms with Crippen molar-refractivity contribution in [3.05, 3.63) is 71.4 Å². The molecule has 0 atom stereocenters. The molecule has 1 aliphatic heterocycles. The molecule has 4 rings (SSSR count).